The fourth-order valence-electron chi connectivity index (χ4n) is 4.08. The van der Waals surface area contributed by atoms with E-state index < -0.39 is 72.0 Å². The van der Waals surface area contributed by atoms with E-state index in [1.807, 2.05) is 0 Å². The largest absolute Gasteiger partial charge is 0.449 e. The van der Waals surface area contributed by atoms with Crippen molar-refractivity contribution in [2.75, 3.05) is 26.0 Å². The molecule has 1 aliphatic rings. The van der Waals surface area contributed by atoms with Gasteiger partial charge in [0.05, 0.1) is 12.2 Å². The van der Waals surface area contributed by atoms with Gasteiger partial charge in [-0.3, -0.25) is 10.1 Å². The first kappa shape index (κ1) is 31.5. The number of hydrogen-bond donors (Lipinski definition) is 2. The molecule has 0 aliphatic carbocycles. The molecule has 0 saturated heterocycles. The standard InChI is InChI=1S/C25H30F6N6O4/c1-24(2,3)41-23(40)32-14(8-13-9-16(27)17(28)11-15(13)26)10-19(38)36-6-7-37-18(12-36)20(34-22(39)35(4)5)33-21(37)25(29,30)31/h9,11,14H,6-8,10,12H2,1-5H3,(H,32,40)(H,34,39). The van der Waals surface area contributed by atoms with E-state index in [2.05, 4.69) is 15.6 Å². The van der Waals surface area contributed by atoms with E-state index in [0.717, 1.165) is 9.47 Å². The number of rotatable bonds is 6. The van der Waals surface area contributed by atoms with Crippen molar-refractivity contribution in [3.8, 4) is 0 Å². The Bertz CT molecular complexity index is 1320. The molecule has 1 aliphatic heterocycles. The van der Waals surface area contributed by atoms with Crippen LogP contribution < -0.4 is 10.6 Å². The lowest BCUT2D eigenvalue weighted by atomic mass is 10.0. The number of ether oxygens (including phenoxy) is 1. The highest BCUT2D eigenvalue weighted by atomic mass is 19.4. The van der Waals surface area contributed by atoms with Gasteiger partial charge in [0.1, 0.15) is 11.4 Å². The summed E-state index contributed by atoms with van der Waals surface area (Å²) in [7, 11) is 2.76. The molecule has 16 heteroatoms. The van der Waals surface area contributed by atoms with Crippen molar-refractivity contribution in [3.05, 3.63) is 46.7 Å². The number of alkyl carbamates (subject to hydrolysis) is 1. The molecule has 1 unspecified atom stereocenters. The number of urea groups is 1. The molecular weight excluding hydrogens is 562 g/mol. The summed E-state index contributed by atoms with van der Waals surface area (Å²) >= 11 is 0. The van der Waals surface area contributed by atoms with Crippen molar-refractivity contribution in [2.24, 2.45) is 0 Å². The van der Waals surface area contributed by atoms with Gasteiger partial charge < -0.3 is 24.4 Å². The van der Waals surface area contributed by atoms with E-state index in [-0.39, 0.29) is 36.7 Å². The minimum atomic E-state index is -4.83. The van der Waals surface area contributed by atoms with Crippen LogP contribution in [0.1, 0.15) is 44.3 Å². The Kier molecular flexibility index (Phi) is 9.13. The second-order valence-electron chi connectivity index (χ2n) is 10.6. The molecule has 1 atom stereocenters. The summed E-state index contributed by atoms with van der Waals surface area (Å²) in [6, 6.07) is -0.957. The summed E-state index contributed by atoms with van der Waals surface area (Å²) in [5, 5.41) is 4.72. The van der Waals surface area contributed by atoms with Gasteiger partial charge in [0.15, 0.2) is 17.5 Å². The van der Waals surface area contributed by atoms with Crippen LogP contribution in [0.15, 0.2) is 12.1 Å². The average Bonchev–Trinajstić information content (AvgIpc) is 3.19. The summed E-state index contributed by atoms with van der Waals surface area (Å²) in [4.78, 5) is 43.7. The Morgan fingerprint density at radius 1 is 1.05 bits per heavy atom. The minimum Gasteiger partial charge on any atom is -0.444 e. The molecule has 0 spiro atoms. The summed E-state index contributed by atoms with van der Waals surface area (Å²) in [5.74, 6) is -6.12. The lowest BCUT2D eigenvalue weighted by Gasteiger charge is -2.31. The third kappa shape index (κ3) is 8.04. The first-order valence-corrected chi connectivity index (χ1v) is 12.4. The van der Waals surface area contributed by atoms with Gasteiger partial charge in [0.25, 0.3) is 0 Å². The van der Waals surface area contributed by atoms with Crippen molar-refractivity contribution in [1.82, 2.24) is 24.7 Å². The normalized spacial score (nSPS) is 14.3. The third-order valence-corrected chi connectivity index (χ3v) is 5.94. The molecule has 2 N–H and O–H groups in total. The number of alkyl halides is 3. The molecule has 226 valence electrons. The van der Waals surface area contributed by atoms with Crippen LogP contribution in [-0.4, -0.2) is 69.7 Å². The third-order valence-electron chi connectivity index (χ3n) is 5.94. The van der Waals surface area contributed by atoms with Gasteiger partial charge in [-0.1, -0.05) is 0 Å². The van der Waals surface area contributed by atoms with Crippen molar-refractivity contribution in [1.29, 1.82) is 0 Å². The number of aromatic nitrogens is 2. The van der Waals surface area contributed by atoms with Gasteiger partial charge in [-0.15, -0.1) is 0 Å². The van der Waals surface area contributed by atoms with Gasteiger partial charge in [0.2, 0.25) is 11.7 Å². The molecule has 1 aromatic heterocycles. The fourth-order valence-corrected chi connectivity index (χ4v) is 4.08. The van der Waals surface area contributed by atoms with E-state index >= 15 is 0 Å². The quantitative estimate of drug-likeness (QED) is 0.385. The van der Waals surface area contributed by atoms with E-state index in [1.54, 1.807) is 20.8 Å². The Morgan fingerprint density at radius 3 is 2.27 bits per heavy atom. The molecule has 2 heterocycles. The molecule has 0 bridgehead atoms. The molecule has 2 aromatic rings. The second-order valence-corrected chi connectivity index (χ2v) is 10.6. The van der Waals surface area contributed by atoms with E-state index in [1.165, 1.54) is 19.0 Å². The number of imidazole rings is 1. The first-order valence-electron chi connectivity index (χ1n) is 12.4. The van der Waals surface area contributed by atoms with Crippen LogP contribution in [0.3, 0.4) is 0 Å². The lowest BCUT2D eigenvalue weighted by molar-refractivity contribution is -0.148. The van der Waals surface area contributed by atoms with Gasteiger partial charge >= 0.3 is 18.3 Å². The van der Waals surface area contributed by atoms with Gasteiger partial charge in [0, 0.05) is 45.7 Å². The fraction of sp³-hybridized carbons (Fsp3) is 0.520. The number of carbonyl (C=O) groups excluding carboxylic acids is 3. The zero-order chi connectivity index (χ0) is 30.9. The van der Waals surface area contributed by atoms with Crippen molar-refractivity contribution in [2.45, 2.75) is 64.5 Å². The Hall–Kier alpha value is -3.98. The number of nitrogens with zero attached hydrogens (tertiary/aromatic N) is 4. The number of halogens is 6. The van der Waals surface area contributed by atoms with Crippen molar-refractivity contribution >= 4 is 23.8 Å². The van der Waals surface area contributed by atoms with Gasteiger partial charge in [-0.25, -0.2) is 27.7 Å². The van der Waals surface area contributed by atoms with Crippen LogP contribution in [0.5, 0.6) is 0 Å². The minimum absolute atomic E-state index is 0.0737. The highest BCUT2D eigenvalue weighted by molar-refractivity contribution is 5.88. The maximum Gasteiger partial charge on any atom is 0.449 e. The van der Waals surface area contributed by atoms with Gasteiger partial charge in [-0.2, -0.15) is 13.2 Å². The molecule has 41 heavy (non-hydrogen) atoms. The first-order chi connectivity index (χ1) is 18.9. The Labute approximate surface area is 231 Å². The number of fused-ring (bicyclic) bond motifs is 1. The number of anilines is 1. The highest BCUT2D eigenvalue weighted by Gasteiger charge is 2.41. The second kappa shape index (κ2) is 11.9. The predicted molar refractivity (Wildman–Crippen MR) is 133 cm³/mol. The molecular formula is C25H30F6N6O4. The number of amides is 4. The van der Waals surface area contributed by atoms with E-state index in [0.29, 0.717) is 12.1 Å². The van der Waals surface area contributed by atoms with Crippen LogP contribution in [-0.2, 0) is 35.2 Å². The van der Waals surface area contributed by atoms with Crippen LogP contribution in [0.25, 0.3) is 0 Å². The van der Waals surface area contributed by atoms with Crippen molar-refractivity contribution in [3.63, 3.8) is 0 Å². The summed E-state index contributed by atoms with van der Waals surface area (Å²) in [6.45, 7) is 3.90. The Morgan fingerprint density at radius 2 is 1.68 bits per heavy atom. The number of hydrogen-bond acceptors (Lipinski definition) is 5. The van der Waals surface area contributed by atoms with E-state index in [4.69, 9.17) is 4.74 Å². The number of carbonyl (C=O) groups is 3. The summed E-state index contributed by atoms with van der Waals surface area (Å²) in [6.07, 6.45) is -6.71. The van der Waals surface area contributed by atoms with Crippen molar-refractivity contribution < 1.29 is 45.5 Å². The molecule has 10 nitrogen and oxygen atoms in total. The van der Waals surface area contributed by atoms with Crippen LogP contribution in [0.2, 0.25) is 0 Å². The summed E-state index contributed by atoms with van der Waals surface area (Å²) in [5.41, 5.74) is -1.32. The molecule has 4 amide bonds. The molecule has 0 saturated carbocycles. The highest BCUT2D eigenvalue weighted by Crippen LogP contribution is 2.34. The topological polar surface area (TPSA) is 109 Å². The van der Waals surface area contributed by atoms with Crippen LogP contribution in [0, 0.1) is 17.5 Å². The molecule has 3 rings (SSSR count). The summed E-state index contributed by atoms with van der Waals surface area (Å²) < 4.78 is 88.5. The maximum absolute atomic E-state index is 14.4. The molecule has 0 fully saturated rings. The zero-order valence-corrected chi connectivity index (χ0v) is 23.0. The average molecular weight is 593 g/mol. The smallest absolute Gasteiger partial charge is 0.444 e. The Balaban J connectivity index is 1.86. The van der Waals surface area contributed by atoms with Crippen LogP contribution >= 0.6 is 0 Å². The molecule has 1 aromatic carbocycles. The maximum atomic E-state index is 14.4. The predicted octanol–water partition coefficient (Wildman–Crippen LogP) is 4.28. The van der Waals surface area contributed by atoms with E-state index in [9.17, 15) is 40.7 Å². The number of benzene rings is 1. The van der Waals surface area contributed by atoms with Gasteiger partial charge in [-0.05, 0) is 38.8 Å². The monoisotopic (exact) mass is 592 g/mol. The SMILES string of the molecule is CN(C)C(=O)Nc1nc(C(F)(F)F)n2c1CN(C(=O)CC(Cc1cc(F)c(F)cc1F)NC(=O)OC(C)(C)C)CC2. The number of nitrogens with one attached hydrogen (secondary N) is 2. The molecule has 0 radical (unpaired) electrons. The lowest BCUT2D eigenvalue weighted by Crippen LogP contribution is -2.45. The van der Waals surface area contributed by atoms with Crippen LogP contribution in [0.4, 0.5) is 41.7 Å². The zero-order valence-electron chi connectivity index (χ0n) is 23.0.